The monoisotopic (exact) mass is 527 g/mol. The lowest BCUT2D eigenvalue weighted by Gasteiger charge is -2.33. The van der Waals surface area contributed by atoms with Crippen molar-refractivity contribution in [3.63, 3.8) is 0 Å². The van der Waals surface area contributed by atoms with Crippen molar-refractivity contribution in [2.75, 3.05) is 4.90 Å². The molecule has 0 amide bonds. The second kappa shape index (κ2) is 9.88. The Morgan fingerprint density at radius 3 is 2.11 bits per heavy atom. The molecule has 0 aliphatic heterocycles. The van der Waals surface area contributed by atoms with Crippen LogP contribution in [0.5, 0.6) is 0 Å². The first-order valence-corrected chi connectivity index (χ1v) is 12.3. The van der Waals surface area contributed by atoms with Gasteiger partial charge < -0.3 is 9.32 Å². The number of anilines is 2. The molecule has 1 heterocycles. The first-order valence-electron chi connectivity index (χ1n) is 11.5. The average Bonchev–Trinajstić information content (AvgIpc) is 2.88. The van der Waals surface area contributed by atoms with Crippen LogP contribution in [0.3, 0.4) is 0 Å². The lowest BCUT2D eigenvalue weighted by atomic mass is 9.96. The molecular weight excluding hydrogens is 505 g/mol. The van der Waals surface area contributed by atoms with Crippen molar-refractivity contribution in [3.05, 3.63) is 129 Å². The molecule has 3 nitrogen and oxygen atoms in total. The molecule has 4 aromatic carbocycles. The second-order valence-electron chi connectivity index (χ2n) is 8.29. The van der Waals surface area contributed by atoms with Crippen LogP contribution in [-0.2, 0) is 0 Å². The van der Waals surface area contributed by atoms with E-state index in [9.17, 15) is 9.18 Å². The maximum absolute atomic E-state index is 14.3. The Hall–Kier alpha value is -3.70. The van der Waals surface area contributed by atoms with E-state index in [4.69, 9.17) is 4.42 Å². The summed E-state index contributed by atoms with van der Waals surface area (Å²) in [5.74, 6) is 0.101. The first kappa shape index (κ1) is 23.1. The van der Waals surface area contributed by atoms with Crippen LogP contribution >= 0.6 is 15.9 Å². The molecule has 1 atom stereocenters. The van der Waals surface area contributed by atoms with Crippen LogP contribution in [0.2, 0.25) is 0 Å². The van der Waals surface area contributed by atoms with Crippen molar-refractivity contribution < 1.29 is 8.81 Å². The molecule has 5 aromatic rings. The summed E-state index contributed by atoms with van der Waals surface area (Å²) in [4.78, 5) is 16.1. The number of nitrogens with zero attached hydrogens (tertiary/aromatic N) is 1. The predicted molar refractivity (Wildman–Crippen MR) is 144 cm³/mol. The van der Waals surface area contributed by atoms with E-state index in [2.05, 4.69) is 27.8 Å². The SMILES string of the molecule is CCC(c1oc2ccc(Br)cc2c(=O)c1-c1cccc(F)c1)N(c1ccccc1)c1ccccc1. The van der Waals surface area contributed by atoms with Gasteiger partial charge >= 0.3 is 0 Å². The zero-order valence-corrected chi connectivity index (χ0v) is 20.7. The number of rotatable bonds is 6. The van der Waals surface area contributed by atoms with Crippen LogP contribution in [-0.4, -0.2) is 0 Å². The highest BCUT2D eigenvalue weighted by Crippen LogP contribution is 2.41. The predicted octanol–water partition coefficient (Wildman–Crippen LogP) is 8.65. The molecule has 5 heteroatoms. The Morgan fingerprint density at radius 2 is 1.51 bits per heavy atom. The Labute approximate surface area is 211 Å². The summed E-state index contributed by atoms with van der Waals surface area (Å²) < 4.78 is 21.6. The van der Waals surface area contributed by atoms with E-state index < -0.39 is 5.82 Å². The summed E-state index contributed by atoms with van der Waals surface area (Å²) >= 11 is 3.46. The molecule has 0 radical (unpaired) electrons. The van der Waals surface area contributed by atoms with Gasteiger partial charge in [0.15, 0.2) is 0 Å². The number of hydrogen-bond acceptors (Lipinski definition) is 3. The molecule has 0 aliphatic carbocycles. The van der Waals surface area contributed by atoms with E-state index >= 15 is 0 Å². The van der Waals surface area contributed by atoms with Gasteiger partial charge in [-0.05, 0) is 66.6 Å². The summed E-state index contributed by atoms with van der Waals surface area (Å²) in [6.07, 6.45) is 0.650. The molecule has 1 aromatic heterocycles. The molecule has 0 saturated heterocycles. The van der Waals surface area contributed by atoms with Gasteiger partial charge in [0.25, 0.3) is 0 Å². The minimum atomic E-state index is -0.404. The summed E-state index contributed by atoms with van der Waals surface area (Å²) in [5.41, 5.74) is 3.11. The zero-order valence-electron chi connectivity index (χ0n) is 19.1. The molecule has 0 N–H and O–H groups in total. The van der Waals surface area contributed by atoms with Crippen LogP contribution in [0, 0.1) is 5.82 Å². The summed E-state index contributed by atoms with van der Waals surface area (Å²) in [6.45, 7) is 2.06. The number of hydrogen-bond donors (Lipinski definition) is 0. The van der Waals surface area contributed by atoms with E-state index in [1.165, 1.54) is 12.1 Å². The maximum atomic E-state index is 14.3. The van der Waals surface area contributed by atoms with Crippen LogP contribution in [0.15, 0.2) is 117 Å². The third kappa shape index (κ3) is 4.52. The van der Waals surface area contributed by atoms with Gasteiger partial charge in [-0.25, -0.2) is 4.39 Å². The normalized spacial score (nSPS) is 12.0. The molecule has 174 valence electrons. The zero-order chi connectivity index (χ0) is 24.4. The van der Waals surface area contributed by atoms with Gasteiger partial charge in [0.1, 0.15) is 17.2 Å². The highest BCUT2D eigenvalue weighted by atomic mass is 79.9. The quantitative estimate of drug-likeness (QED) is 0.221. The lowest BCUT2D eigenvalue weighted by Crippen LogP contribution is -2.25. The fourth-order valence-corrected chi connectivity index (χ4v) is 4.87. The fraction of sp³-hybridized carbons (Fsp3) is 0.100. The minimum absolute atomic E-state index is 0.187. The third-order valence-electron chi connectivity index (χ3n) is 6.06. The maximum Gasteiger partial charge on any atom is 0.200 e. The molecule has 0 aliphatic rings. The van der Waals surface area contributed by atoms with Crippen LogP contribution in [0.1, 0.15) is 25.1 Å². The molecular formula is C30H23BrFNO2. The number of benzene rings is 4. The van der Waals surface area contributed by atoms with Crippen molar-refractivity contribution in [1.29, 1.82) is 0 Å². The van der Waals surface area contributed by atoms with E-state index in [0.29, 0.717) is 34.3 Å². The molecule has 35 heavy (non-hydrogen) atoms. The fourth-order valence-electron chi connectivity index (χ4n) is 4.51. The van der Waals surface area contributed by atoms with Gasteiger partial charge in [-0.3, -0.25) is 4.79 Å². The topological polar surface area (TPSA) is 33.5 Å². The Balaban J connectivity index is 1.83. The second-order valence-corrected chi connectivity index (χ2v) is 9.20. The average molecular weight is 528 g/mol. The van der Waals surface area contributed by atoms with Crippen molar-refractivity contribution in [2.45, 2.75) is 19.4 Å². The Kier molecular flexibility index (Phi) is 6.51. The Bertz CT molecular complexity index is 1490. The molecule has 5 rings (SSSR count). The standard InChI is InChI=1S/C30H23BrFNO2/c1-2-26(33(23-12-5-3-6-13-23)24-14-7-4-8-15-24)30-28(20-10-9-11-22(32)18-20)29(34)25-19-21(31)16-17-27(25)35-30/h3-19,26H,2H2,1H3. The third-order valence-corrected chi connectivity index (χ3v) is 6.56. The van der Waals surface area contributed by atoms with Crippen LogP contribution in [0.4, 0.5) is 15.8 Å². The van der Waals surface area contributed by atoms with Gasteiger partial charge in [0, 0.05) is 15.8 Å². The summed E-state index contributed by atoms with van der Waals surface area (Å²) in [5, 5.41) is 0.447. The molecule has 0 fully saturated rings. The smallest absolute Gasteiger partial charge is 0.200 e. The number of halogens is 2. The molecule has 0 bridgehead atoms. The van der Waals surface area contributed by atoms with Crippen molar-refractivity contribution in [2.24, 2.45) is 0 Å². The summed E-state index contributed by atoms with van der Waals surface area (Å²) in [6, 6.07) is 31.2. The molecule has 1 unspecified atom stereocenters. The lowest BCUT2D eigenvalue weighted by molar-refractivity contribution is 0.475. The van der Waals surface area contributed by atoms with Crippen LogP contribution < -0.4 is 10.3 Å². The molecule has 0 spiro atoms. The van der Waals surface area contributed by atoms with Crippen molar-refractivity contribution in [3.8, 4) is 11.1 Å². The van der Waals surface area contributed by atoms with Gasteiger partial charge in [0.05, 0.1) is 17.0 Å². The largest absolute Gasteiger partial charge is 0.458 e. The number of para-hydroxylation sites is 2. The molecule has 0 saturated carbocycles. The van der Waals surface area contributed by atoms with Gasteiger partial charge in [-0.1, -0.05) is 71.4 Å². The highest BCUT2D eigenvalue weighted by molar-refractivity contribution is 9.10. The van der Waals surface area contributed by atoms with Gasteiger partial charge in [-0.15, -0.1) is 0 Å². The Morgan fingerprint density at radius 1 is 0.857 bits per heavy atom. The van der Waals surface area contributed by atoms with E-state index in [1.807, 2.05) is 66.7 Å². The summed E-state index contributed by atoms with van der Waals surface area (Å²) in [7, 11) is 0. The first-order chi connectivity index (χ1) is 17.1. The van der Waals surface area contributed by atoms with E-state index in [0.717, 1.165) is 15.8 Å². The van der Waals surface area contributed by atoms with E-state index in [1.54, 1.807) is 24.3 Å². The van der Waals surface area contributed by atoms with E-state index in [-0.39, 0.29) is 11.5 Å². The van der Waals surface area contributed by atoms with Gasteiger partial charge in [0.2, 0.25) is 5.43 Å². The van der Waals surface area contributed by atoms with Crippen molar-refractivity contribution in [1.82, 2.24) is 0 Å². The number of fused-ring (bicyclic) bond motifs is 1. The van der Waals surface area contributed by atoms with Crippen LogP contribution in [0.25, 0.3) is 22.1 Å². The van der Waals surface area contributed by atoms with Crippen molar-refractivity contribution >= 4 is 38.3 Å². The highest BCUT2D eigenvalue weighted by Gasteiger charge is 2.29. The minimum Gasteiger partial charge on any atom is -0.458 e. The van der Waals surface area contributed by atoms with Gasteiger partial charge in [-0.2, -0.15) is 0 Å².